The first-order valence-corrected chi connectivity index (χ1v) is 11.2. The molecule has 0 aromatic carbocycles. The zero-order chi connectivity index (χ0) is 22.1. The number of amides is 1. The molecular weight excluding hydrogens is 408 g/mol. The van der Waals surface area contributed by atoms with Crippen LogP contribution in [-0.2, 0) is 6.54 Å². The van der Waals surface area contributed by atoms with E-state index in [2.05, 4.69) is 25.2 Å². The van der Waals surface area contributed by atoms with Gasteiger partial charge in [-0.2, -0.15) is 0 Å². The number of aromatic nitrogens is 4. The summed E-state index contributed by atoms with van der Waals surface area (Å²) in [4.78, 5) is 50.6. The van der Waals surface area contributed by atoms with Crippen LogP contribution < -0.4 is 21.5 Å². The van der Waals surface area contributed by atoms with Crippen molar-refractivity contribution in [3.8, 4) is 0 Å². The molecule has 166 valence electrons. The fourth-order valence-corrected chi connectivity index (χ4v) is 4.23. The summed E-state index contributed by atoms with van der Waals surface area (Å²) in [5.74, 6) is 0.640. The predicted octanol–water partition coefficient (Wildman–Crippen LogP) is 2.13. The van der Waals surface area contributed by atoms with Gasteiger partial charge in [-0.05, 0) is 43.4 Å². The van der Waals surface area contributed by atoms with Crippen LogP contribution in [0.2, 0.25) is 0 Å². The largest absolute Gasteiger partial charge is 0.357 e. The molecule has 0 radical (unpaired) electrons. The molecule has 1 saturated carbocycles. The Morgan fingerprint density at radius 1 is 1.06 bits per heavy atom. The van der Waals surface area contributed by atoms with Gasteiger partial charge in [-0.3, -0.25) is 19.1 Å². The van der Waals surface area contributed by atoms with E-state index in [1.54, 1.807) is 6.20 Å². The number of rotatable bonds is 5. The average Bonchev–Trinajstić information content (AvgIpc) is 3.65. The second-order valence-corrected chi connectivity index (χ2v) is 8.56. The topological polar surface area (TPSA) is 113 Å². The minimum atomic E-state index is -0.530. The minimum absolute atomic E-state index is 0.0683. The van der Waals surface area contributed by atoms with Gasteiger partial charge in [0, 0.05) is 38.1 Å². The summed E-state index contributed by atoms with van der Waals surface area (Å²) in [5, 5.41) is 3.10. The van der Waals surface area contributed by atoms with Gasteiger partial charge in [-0.1, -0.05) is 18.9 Å². The van der Waals surface area contributed by atoms with Gasteiger partial charge in [-0.15, -0.1) is 0 Å². The summed E-state index contributed by atoms with van der Waals surface area (Å²) >= 11 is 0. The summed E-state index contributed by atoms with van der Waals surface area (Å²) < 4.78 is 1.51. The molecule has 2 fully saturated rings. The Bertz CT molecular complexity index is 1250. The van der Waals surface area contributed by atoms with E-state index in [0.29, 0.717) is 12.2 Å². The Kier molecular flexibility index (Phi) is 5.46. The van der Waals surface area contributed by atoms with Crippen LogP contribution in [0.3, 0.4) is 0 Å². The van der Waals surface area contributed by atoms with Crippen molar-refractivity contribution in [1.29, 1.82) is 0 Å². The van der Waals surface area contributed by atoms with E-state index < -0.39 is 11.2 Å². The van der Waals surface area contributed by atoms with E-state index in [-0.39, 0.29) is 22.9 Å². The predicted molar refractivity (Wildman–Crippen MR) is 121 cm³/mol. The van der Waals surface area contributed by atoms with Gasteiger partial charge in [0.05, 0.1) is 10.9 Å². The average molecular weight is 435 g/mol. The summed E-state index contributed by atoms with van der Waals surface area (Å²) in [6.45, 7) is 2.39. The lowest BCUT2D eigenvalue weighted by molar-refractivity contribution is 0.0950. The molecule has 2 aliphatic rings. The maximum Gasteiger partial charge on any atom is 0.330 e. The van der Waals surface area contributed by atoms with Crippen molar-refractivity contribution in [2.45, 2.75) is 51.1 Å². The molecule has 9 heteroatoms. The summed E-state index contributed by atoms with van der Waals surface area (Å²) in [7, 11) is 0. The highest BCUT2D eigenvalue weighted by molar-refractivity contribution is 5.96. The van der Waals surface area contributed by atoms with Gasteiger partial charge in [-0.25, -0.2) is 14.8 Å². The third-order valence-electron chi connectivity index (χ3n) is 6.15. The van der Waals surface area contributed by atoms with E-state index in [1.165, 1.54) is 42.5 Å². The normalized spacial score (nSPS) is 16.7. The molecule has 4 heterocycles. The fourth-order valence-electron chi connectivity index (χ4n) is 4.23. The van der Waals surface area contributed by atoms with E-state index >= 15 is 0 Å². The van der Waals surface area contributed by atoms with Crippen LogP contribution in [0.5, 0.6) is 0 Å². The molecule has 5 rings (SSSR count). The first-order valence-electron chi connectivity index (χ1n) is 11.2. The first kappa shape index (κ1) is 20.4. The quantitative estimate of drug-likeness (QED) is 0.636. The number of carbonyl (C=O) groups is 1. The Balaban J connectivity index is 1.29. The Morgan fingerprint density at radius 3 is 2.53 bits per heavy atom. The van der Waals surface area contributed by atoms with Crippen molar-refractivity contribution < 1.29 is 4.79 Å². The molecule has 9 nitrogen and oxygen atoms in total. The zero-order valence-electron chi connectivity index (χ0n) is 17.8. The van der Waals surface area contributed by atoms with Gasteiger partial charge < -0.3 is 10.2 Å². The van der Waals surface area contributed by atoms with E-state index in [4.69, 9.17) is 0 Å². The fraction of sp³-hybridized carbons (Fsp3) is 0.435. The van der Waals surface area contributed by atoms with Crippen molar-refractivity contribution in [2.24, 2.45) is 0 Å². The molecule has 1 aliphatic heterocycles. The summed E-state index contributed by atoms with van der Waals surface area (Å²) in [5.41, 5.74) is 0.513. The van der Waals surface area contributed by atoms with Crippen molar-refractivity contribution in [3.63, 3.8) is 0 Å². The van der Waals surface area contributed by atoms with E-state index in [0.717, 1.165) is 37.3 Å². The number of hydrogen-bond acceptors (Lipinski definition) is 6. The monoisotopic (exact) mass is 434 g/mol. The van der Waals surface area contributed by atoms with Gasteiger partial charge in [0.2, 0.25) is 0 Å². The summed E-state index contributed by atoms with van der Waals surface area (Å²) in [6, 6.07) is 5.54. The highest BCUT2D eigenvalue weighted by atomic mass is 16.2. The van der Waals surface area contributed by atoms with Gasteiger partial charge in [0.1, 0.15) is 11.5 Å². The number of pyridine rings is 2. The Morgan fingerprint density at radius 2 is 1.84 bits per heavy atom. The molecule has 0 unspecified atom stereocenters. The SMILES string of the molecule is O=C(NCc1ccc(N2CCCCCC2)nc1)c1cnc2c(c1)c(=O)[nH]c(=O)n2C1CC1. The van der Waals surface area contributed by atoms with E-state index in [1.807, 2.05) is 12.1 Å². The summed E-state index contributed by atoms with van der Waals surface area (Å²) in [6.07, 6.45) is 9.90. The Labute approximate surface area is 184 Å². The van der Waals surface area contributed by atoms with Crippen LogP contribution in [-0.4, -0.2) is 38.5 Å². The van der Waals surface area contributed by atoms with E-state index in [9.17, 15) is 14.4 Å². The highest BCUT2D eigenvalue weighted by Crippen LogP contribution is 2.34. The van der Waals surface area contributed by atoms with Crippen molar-refractivity contribution in [3.05, 3.63) is 62.6 Å². The maximum absolute atomic E-state index is 12.7. The lowest BCUT2D eigenvalue weighted by atomic mass is 10.2. The second-order valence-electron chi connectivity index (χ2n) is 8.56. The number of hydrogen-bond donors (Lipinski definition) is 2. The minimum Gasteiger partial charge on any atom is -0.357 e. The van der Waals surface area contributed by atoms with Crippen molar-refractivity contribution in [2.75, 3.05) is 18.0 Å². The van der Waals surface area contributed by atoms with Gasteiger partial charge in [0.15, 0.2) is 0 Å². The number of anilines is 1. The van der Waals surface area contributed by atoms with Crippen LogP contribution in [0.25, 0.3) is 11.0 Å². The van der Waals surface area contributed by atoms with Crippen LogP contribution in [0, 0.1) is 0 Å². The van der Waals surface area contributed by atoms with Crippen LogP contribution in [0.4, 0.5) is 5.82 Å². The molecular formula is C23H26N6O3. The highest BCUT2D eigenvalue weighted by Gasteiger charge is 2.27. The zero-order valence-corrected chi connectivity index (χ0v) is 17.8. The van der Waals surface area contributed by atoms with Crippen LogP contribution in [0.1, 0.15) is 60.5 Å². The number of H-pyrrole nitrogens is 1. The number of fused-ring (bicyclic) bond motifs is 1. The number of nitrogens with one attached hydrogen (secondary N) is 2. The molecule has 32 heavy (non-hydrogen) atoms. The molecule has 1 saturated heterocycles. The standard InChI is InChI=1S/C23H26N6O3/c30-21(26-13-15-5-8-19(24-12-15)28-9-3-1-2-4-10-28)16-11-18-20(25-14-16)29(17-6-7-17)23(32)27-22(18)31/h5,8,11-12,14,17H,1-4,6-7,9-10,13H2,(H,26,30)(H,27,31,32). The van der Waals surface area contributed by atoms with Gasteiger partial charge >= 0.3 is 5.69 Å². The van der Waals surface area contributed by atoms with Crippen molar-refractivity contribution in [1.82, 2.24) is 24.8 Å². The molecule has 2 N–H and O–H groups in total. The first-order chi connectivity index (χ1) is 15.6. The number of carbonyl (C=O) groups excluding carboxylic acids is 1. The lowest BCUT2D eigenvalue weighted by Gasteiger charge is -2.21. The Hall–Kier alpha value is -3.49. The van der Waals surface area contributed by atoms with Crippen molar-refractivity contribution >= 4 is 22.8 Å². The number of aromatic amines is 1. The molecule has 0 bridgehead atoms. The molecule has 3 aromatic rings. The number of nitrogens with zero attached hydrogens (tertiary/aromatic N) is 4. The van der Waals surface area contributed by atoms with Crippen LogP contribution in [0.15, 0.2) is 40.2 Å². The molecule has 1 amide bonds. The van der Waals surface area contributed by atoms with Gasteiger partial charge in [0.25, 0.3) is 11.5 Å². The maximum atomic E-state index is 12.7. The molecule has 0 spiro atoms. The smallest absolute Gasteiger partial charge is 0.330 e. The molecule has 1 aliphatic carbocycles. The molecule has 3 aromatic heterocycles. The third-order valence-corrected chi connectivity index (χ3v) is 6.15. The molecule has 0 atom stereocenters. The second kappa shape index (κ2) is 8.57. The lowest BCUT2D eigenvalue weighted by Crippen LogP contribution is -2.31. The van der Waals surface area contributed by atoms with Crippen LogP contribution >= 0.6 is 0 Å². The third kappa shape index (κ3) is 4.15.